The van der Waals surface area contributed by atoms with Crippen LogP contribution in [0.25, 0.3) is 0 Å². The third kappa shape index (κ3) is 3.20. The van der Waals surface area contributed by atoms with Gasteiger partial charge >= 0.3 is 0 Å². The van der Waals surface area contributed by atoms with Crippen molar-refractivity contribution in [2.75, 3.05) is 13.6 Å². The number of aromatic hydroxyl groups is 1. The van der Waals surface area contributed by atoms with E-state index < -0.39 is 0 Å². The summed E-state index contributed by atoms with van der Waals surface area (Å²) in [7, 11) is 1.75. The number of hydrogen-bond donors (Lipinski definition) is 2. The summed E-state index contributed by atoms with van der Waals surface area (Å²) >= 11 is 5.06. The van der Waals surface area contributed by atoms with Crippen LogP contribution in [0.4, 0.5) is 0 Å². The topological polar surface area (TPSA) is 47.9 Å². The summed E-state index contributed by atoms with van der Waals surface area (Å²) in [5.41, 5.74) is 0.667. The quantitative estimate of drug-likeness (QED) is 0.476. The largest absolute Gasteiger partial charge is 0.507 e. The minimum absolute atomic E-state index is 0.206. The molecule has 0 unspecified atom stereocenters. The number of para-hydroxylation sites is 1. The lowest BCUT2D eigenvalue weighted by Gasteiger charge is -2.16. The molecule has 0 atom stereocenters. The Hall–Kier alpha value is -1.62. The van der Waals surface area contributed by atoms with Gasteiger partial charge in [0.15, 0.2) is 5.11 Å². The number of thiocarbonyl (C=S) groups is 1. The summed E-state index contributed by atoms with van der Waals surface area (Å²) in [5, 5.41) is 18.8. The molecule has 1 rings (SSSR count). The number of benzene rings is 1. The lowest BCUT2D eigenvalue weighted by atomic mass is 10.2. The van der Waals surface area contributed by atoms with Crippen molar-refractivity contribution in [3.8, 4) is 5.75 Å². The molecule has 0 saturated carbocycles. The molecule has 0 aromatic heterocycles. The highest BCUT2D eigenvalue weighted by atomic mass is 32.1. The molecule has 0 radical (unpaired) electrons. The Morgan fingerprint density at radius 3 is 2.81 bits per heavy atom. The zero-order chi connectivity index (χ0) is 12.0. The molecule has 2 N–H and O–H groups in total. The van der Waals surface area contributed by atoms with Gasteiger partial charge < -0.3 is 10.4 Å². The summed E-state index contributed by atoms with van der Waals surface area (Å²) in [6.45, 7) is 2.62. The summed E-state index contributed by atoms with van der Waals surface area (Å²) in [5.74, 6) is 0.206. The van der Waals surface area contributed by atoms with Crippen molar-refractivity contribution in [1.29, 1.82) is 0 Å². The Morgan fingerprint density at radius 1 is 1.56 bits per heavy atom. The van der Waals surface area contributed by atoms with Gasteiger partial charge in [0.2, 0.25) is 0 Å². The molecule has 0 spiro atoms. The van der Waals surface area contributed by atoms with Crippen molar-refractivity contribution in [1.82, 2.24) is 10.3 Å². The first kappa shape index (κ1) is 12.4. The van der Waals surface area contributed by atoms with E-state index in [-0.39, 0.29) is 5.75 Å². The SMILES string of the molecule is CCN(N=Cc1ccccc1O)C(=S)NC. The van der Waals surface area contributed by atoms with Gasteiger partial charge in [-0.15, -0.1) is 0 Å². The van der Waals surface area contributed by atoms with Crippen molar-refractivity contribution in [2.24, 2.45) is 5.10 Å². The zero-order valence-electron chi connectivity index (χ0n) is 9.34. The van der Waals surface area contributed by atoms with Crippen molar-refractivity contribution >= 4 is 23.5 Å². The molecule has 0 amide bonds. The summed E-state index contributed by atoms with van der Waals surface area (Å²) in [4.78, 5) is 0. The summed E-state index contributed by atoms with van der Waals surface area (Å²) < 4.78 is 0. The van der Waals surface area contributed by atoms with Gasteiger partial charge in [0, 0.05) is 19.2 Å². The third-order valence-corrected chi connectivity index (χ3v) is 2.44. The van der Waals surface area contributed by atoms with Crippen LogP contribution < -0.4 is 5.32 Å². The number of rotatable bonds is 3. The molecule has 1 aromatic carbocycles. The molecule has 4 nitrogen and oxygen atoms in total. The molecule has 0 aliphatic heterocycles. The molecule has 1 aromatic rings. The van der Waals surface area contributed by atoms with E-state index >= 15 is 0 Å². The molecule has 0 aliphatic rings. The van der Waals surface area contributed by atoms with Crippen LogP contribution in [0.1, 0.15) is 12.5 Å². The lowest BCUT2D eigenvalue weighted by molar-refractivity contribution is 0.464. The van der Waals surface area contributed by atoms with Crippen LogP contribution in [-0.2, 0) is 0 Å². The predicted molar refractivity (Wildman–Crippen MR) is 69.7 cm³/mol. The maximum absolute atomic E-state index is 9.53. The summed E-state index contributed by atoms with van der Waals surface area (Å²) in [6, 6.07) is 7.01. The fraction of sp³-hybridized carbons (Fsp3) is 0.273. The number of nitrogens with zero attached hydrogens (tertiary/aromatic N) is 2. The van der Waals surface area contributed by atoms with E-state index in [0.717, 1.165) is 0 Å². The van der Waals surface area contributed by atoms with Gasteiger partial charge in [-0.1, -0.05) is 12.1 Å². The molecule has 16 heavy (non-hydrogen) atoms. The molecule has 86 valence electrons. The lowest BCUT2D eigenvalue weighted by Crippen LogP contribution is -2.33. The average molecular weight is 237 g/mol. The molecule has 5 heteroatoms. The van der Waals surface area contributed by atoms with Crippen LogP contribution in [0.5, 0.6) is 5.75 Å². The second-order valence-corrected chi connectivity index (χ2v) is 3.46. The second kappa shape index (κ2) is 6.07. The molecular weight excluding hydrogens is 222 g/mol. The Bertz CT molecular complexity index is 393. The number of phenolic OH excluding ortho intramolecular Hbond substituents is 1. The van der Waals surface area contributed by atoms with Crippen LogP contribution in [0.2, 0.25) is 0 Å². The number of nitrogens with one attached hydrogen (secondary N) is 1. The number of hydrogen-bond acceptors (Lipinski definition) is 3. The molecule has 0 aliphatic carbocycles. The normalized spacial score (nSPS) is 10.4. The molecule has 0 saturated heterocycles. The first-order valence-electron chi connectivity index (χ1n) is 5.00. The van der Waals surface area contributed by atoms with Crippen LogP contribution in [0.15, 0.2) is 29.4 Å². The molecule has 0 heterocycles. The predicted octanol–water partition coefficient (Wildman–Crippen LogP) is 1.55. The Morgan fingerprint density at radius 2 is 2.25 bits per heavy atom. The first-order chi connectivity index (χ1) is 7.69. The highest BCUT2D eigenvalue weighted by Gasteiger charge is 2.02. The van der Waals surface area contributed by atoms with Crippen molar-refractivity contribution in [3.63, 3.8) is 0 Å². The monoisotopic (exact) mass is 237 g/mol. The van der Waals surface area contributed by atoms with Gasteiger partial charge in [0.25, 0.3) is 0 Å². The van der Waals surface area contributed by atoms with Crippen LogP contribution in [0, 0.1) is 0 Å². The number of hydrazone groups is 1. The van der Waals surface area contributed by atoms with Crippen molar-refractivity contribution in [2.45, 2.75) is 6.92 Å². The second-order valence-electron chi connectivity index (χ2n) is 3.07. The van der Waals surface area contributed by atoms with E-state index in [0.29, 0.717) is 17.2 Å². The standard InChI is InChI=1S/C11H15N3OS/c1-3-14(11(16)12-2)13-8-9-6-4-5-7-10(9)15/h4-8,15H,3H2,1-2H3,(H,12,16). The van der Waals surface area contributed by atoms with Gasteiger partial charge in [-0.25, -0.2) is 5.01 Å². The van der Waals surface area contributed by atoms with E-state index in [9.17, 15) is 5.11 Å². The van der Waals surface area contributed by atoms with E-state index in [2.05, 4.69) is 10.4 Å². The fourth-order valence-electron chi connectivity index (χ4n) is 1.14. The van der Waals surface area contributed by atoms with E-state index in [1.54, 1.807) is 36.5 Å². The fourth-order valence-corrected chi connectivity index (χ4v) is 1.31. The minimum Gasteiger partial charge on any atom is -0.507 e. The van der Waals surface area contributed by atoms with E-state index in [1.165, 1.54) is 0 Å². The minimum atomic E-state index is 0.206. The highest BCUT2D eigenvalue weighted by molar-refractivity contribution is 7.80. The summed E-state index contributed by atoms with van der Waals surface area (Å²) in [6.07, 6.45) is 1.59. The zero-order valence-corrected chi connectivity index (χ0v) is 10.2. The number of phenols is 1. The molecule has 0 bridgehead atoms. The van der Waals surface area contributed by atoms with E-state index in [4.69, 9.17) is 12.2 Å². The molecule has 0 fully saturated rings. The maximum atomic E-state index is 9.53. The van der Waals surface area contributed by atoms with Gasteiger partial charge in [-0.3, -0.25) is 0 Å². The van der Waals surface area contributed by atoms with Crippen LogP contribution in [0.3, 0.4) is 0 Å². The van der Waals surface area contributed by atoms with Crippen molar-refractivity contribution in [3.05, 3.63) is 29.8 Å². The Labute approximate surface area is 101 Å². The third-order valence-electron chi connectivity index (χ3n) is 2.02. The van der Waals surface area contributed by atoms with Crippen molar-refractivity contribution < 1.29 is 5.11 Å². The van der Waals surface area contributed by atoms with Gasteiger partial charge in [-0.2, -0.15) is 5.10 Å². The van der Waals surface area contributed by atoms with E-state index in [1.807, 2.05) is 13.0 Å². The van der Waals surface area contributed by atoms with Gasteiger partial charge in [0.05, 0.1) is 6.21 Å². The average Bonchev–Trinajstić information content (AvgIpc) is 2.31. The Balaban J connectivity index is 2.79. The molecular formula is C11H15N3OS. The smallest absolute Gasteiger partial charge is 0.189 e. The first-order valence-corrected chi connectivity index (χ1v) is 5.41. The van der Waals surface area contributed by atoms with Gasteiger partial charge in [-0.05, 0) is 31.3 Å². The van der Waals surface area contributed by atoms with Crippen LogP contribution in [-0.4, -0.2) is 35.0 Å². The van der Waals surface area contributed by atoms with Gasteiger partial charge in [0.1, 0.15) is 5.75 Å². The highest BCUT2D eigenvalue weighted by Crippen LogP contribution is 2.12. The Kier molecular flexibility index (Phi) is 4.72. The van der Waals surface area contributed by atoms with Crippen LogP contribution >= 0.6 is 12.2 Å². The maximum Gasteiger partial charge on any atom is 0.189 e.